The van der Waals surface area contributed by atoms with E-state index in [0.29, 0.717) is 24.3 Å². The minimum atomic E-state index is -0.768. The fraction of sp³-hybridized carbons (Fsp3) is 0.240. The molecule has 0 aliphatic rings. The highest BCUT2D eigenvalue weighted by atomic mass is 35.5. The lowest BCUT2D eigenvalue weighted by Crippen LogP contribution is -2.05. The lowest BCUT2D eigenvalue weighted by atomic mass is 9.88. The first-order chi connectivity index (χ1) is 14.9. The van der Waals surface area contributed by atoms with E-state index in [-0.39, 0.29) is 39.1 Å². The van der Waals surface area contributed by atoms with Gasteiger partial charge in [0.15, 0.2) is 11.6 Å². The van der Waals surface area contributed by atoms with Crippen LogP contribution in [0.2, 0.25) is 5.02 Å². The van der Waals surface area contributed by atoms with Crippen molar-refractivity contribution >= 4 is 11.6 Å². The molecule has 0 atom stereocenters. The van der Waals surface area contributed by atoms with E-state index in [9.17, 15) is 9.65 Å². The van der Waals surface area contributed by atoms with Gasteiger partial charge >= 0.3 is 0 Å². The zero-order chi connectivity index (χ0) is 22.5. The van der Waals surface area contributed by atoms with Crippen molar-refractivity contribution in [2.45, 2.75) is 33.1 Å². The number of hydrogen-bond acceptors (Lipinski definition) is 3. The number of nitriles is 1. The number of hydrogen-bond donors (Lipinski definition) is 0. The van der Waals surface area contributed by atoms with E-state index in [1.54, 1.807) is 24.3 Å². The van der Waals surface area contributed by atoms with Crippen molar-refractivity contribution in [3.8, 4) is 34.4 Å². The minimum absolute atomic E-state index is 0.0172. The van der Waals surface area contributed by atoms with Gasteiger partial charge in [0, 0.05) is 22.8 Å². The minimum Gasteiger partial charge on any atom is -0.491 e. The summed E-state index contributed by atoms with van der Waals surface area (Å²) in [6, 6.07) is 14.9. The highest BCUT2D eigenvalue weighted by molar-refractivity contribution is 6.34. The van der Waals surface area contributed by atoms with Crippen molar-refractivity contribution in [1.82, 2.24) is 0 Å². The van der Waals surface area contributed by atoms with Gasteiger partial charge in [-0.2, -0.15) is 5.26 Å². The van der Waals surface area contributed by atoms with Crippen molar-refractivity contribution < 1.29 is 18.3 Å². The first-order valence-corrected chi connectivity index (χ1v) is 10.4. The summed E-state index contributed by atoms with van der Waals surface area (Å²) in [5.41, 5.74) is 0.528. The largest absolute Gasteiger partial charge is 0.491 e. The molecule has 0 aromatic heterocycles. The smallest absolute Gasteiger partial charge is 0.174 e. The van der Waals surface area contributed by atoms with Gasteiger partial charge in [0.2, 0.25) is 0 Å². The molecule has 0 spiro atoms. The van der Waals surface area contributed by atoms with Crippen LogP contribution in [0.1, 0.15) is 44.2 Å². The molecule has 0 aliphatic heterocycles. The summed E-state index contributed by atoms with van der Waals surface area (Å²) in [4.78, 5) is 0. The Kier molecular flexibility index (Phi) is 7.14. The molecule has 0 saturated heterocycles. The van der Waals surface area contributed by atoms with E-state index < -0.39 is 11.6 Å². The molecule has 160 valence electrons. The second kappa shape index (κ2) is 9.80. The third kappa shape index (κ3) is 4.65. The van der Waals surface area contributed by atoms with Crippen LogP contribution in [0.5, 0.6) is 17.2 Å². The van der Waals surface area contributed by atoms with E-state index >= 15 is 4.39 Å². The van der Waals surface area contributed by atoms with Crippen LogP contribution in [0.4, 0.5) is 8.78 Å². The average molecular weight is 442 g/mol. The Hall–Kier alpha value is -3.10. The maximum absolute atomic E-state index is 15.5. The fourth-order valence-corrected chi connectivity index (χ4v) is 3.60. The molecule has 3 aromatic rings. The van der Waals surface area contributed by atoms with Crippen LogP contribution in [0, 0.1) is 23.0 Å². The van der Waals surface area contributed by atoms with Crippen LogP contribution >= 0.6 is 11.6 Å². The van der Waals surface area contributed by atoms with Gasteiger partial charge in [0.05, 0.1) is 23.3 Å². The number of para-hydroxylation sites is 1. The van der Waals surface area contributed by atoms with Gasteiger partial charge in [0.25, 0.3) is 0 Å². The van der Waals surface area contributed by atoms with Crippen molar-refractivity contribution in [3.63, 3.8) is 0 Å². The summed E-state index contributed by atoms with van der Waals surface area (Å²) in [7, 11) is 0. The van der Waals surface area contributed by atoms with Gasteiger partial charge in [-0.3, -0.25) is 0 Å². The third-order valence-corrected chi connectivity index (χ3v) is 5.08. The first kappa shape index (κ1) is 22.6. The van der Waals surface area contributed by atoms with E-state index in [1.807, 2.05) is 32.9 Å². The molecular formula is C25H22ClF2NO2. The van der Waals surface area contributed by atoms with E-state index in [0.717, 1.165) is 0 Å². The molecule has 3 rings (SSSR count). The van der Waals surface area contributed by atoms with Crippen molar-refractivity contribution in [2.24, 2.45) is 0 Å². The maximum Gasteiger partial charge on any atom is 0.174 e. The molecule has 3 nitrogen and oxygen atoms in total. The number of nitrogens with zero attached hydrogens (tertiary/aromatic N) is 1. The second-order valence-electron chi connectivity index (χ2n) is 7.29. The van der Waals surface area contributed by atoms with Crippen molar-refractivity contribution in [2.75, 3.05) is 6.61 Å². The van der Waals surface area contributed by atoms with Crippen LogP contribution in [0.25, 0.3) is 11.1 Å². The molecule has 0 saturated carbocycles. The fourth-order valence-electron chi connectivity index (χ4n) is 3.35. The number of ether oxygens (including phenoxy) is 2. The predicted octanol–water partition coefficient (Wildman–Crippen LogP) is 7.86. The van der Waals surface area contributed by atoms with Crippen LogP contribution in [-0.4, -0.2) is 6.61 Å². The highest BCUT2D eigenvalue weighted by Crippen LogP contribution is 2.46. The molecule has 0 amide bonds. The summed E-state index contributed by atoms with van der Waals surface area (Å²) >= 11 is 6.36. The number of rotatable bonds is 7. The van der Waals surface area contributed by atoms with Gasteiger partial charge in [-0.15, -0.1) is 0 Å². The normalized spacial score (nSPS) is 10.8. The molecule has 0 N–H and O–H groups in total. The Bertz CT molecular complexity index is 1120. The van der Waals surface area contributed by atoms with E-state index in [1.165, 1.54) is 18.2 Å². The van der Waals surface area contributed by atoms with Crippen LogP contribution < -0.4 is 9.47 Å². The van der Waals surface area contributed by atoms with Crippen molar-refractivity contribution in [3.05, 3.63) is 76.3 Å². The molecule has 0 unspecified atom stereocenters. The molecule has 31 heavy (non-hydrogen) atoms. The maximum atomic E-state index is 15.5. The molecule has 3 aromatic carbocycles. The topological polar surface area (TPSA) is 42.2 Å². The van der Waals surface area contributed by atoms with Gasteiger partial charge in [-0.05, 0) is 36.6 Å². The molecule has 0 bridgehead atoms. The Morgan fingerprint density at radius 2 is 1.74 bits per heavy atom. The summed E-state index contributed by atoms with van der Waals surface area (Å²) in [6.07, 6.45) is 0.682. The lowest BCUT2D eigenvalue weighted by molar-refractivity contribution is 0.301. The number of halogens is 3. The Morgan fingerprint density at radius 1 is 1.03 bits per heavy atom. The SMILES string of the molecule is CCCOc1ccc(C#N)c(-c2c(Cl)c(F)cc(Oc3ccccc3)c2C(C)C)c1F. The quantitative estimate of drug-likeness (QED) is 0.374. The standard InChI is InChI=1S/C25H22ClF2NO2/c1-4-12-30-19-11-10-16(14-29)22(25(19)28)23-21(15(2)3)20(13-18(27)24(23)26)31-17-8-6-5-7-9-17/h5-11,13,15H,4,12H2,1-3H3. The van der Waals surface area contributed by atoms with Gasteiger partial charge in [-0.25, -0.2) is 8.78 Å². The Morgan fingerprint density at radius 3 is 2.35 bits per heavy atom. The lowest BCUT2D eigenvalue weighted by Gasteiger charge is -2.22. The van der Waals surface area contributed by atoms with Crippen molar-refractivity contribution in [1.29, 1.82) is 5.26 Å². The predicted molar refractivity (Wildman–Crippen MR) is 118 cm³/mol. The molecule has 0 fully saturated rings. The number of benzene rings is 3. The highest BCUT2D eigenvalue weighted by Gasteiger charge is 2.27. The third-order valence-electron chi connectivity index (χ3n) is 4.71. The Balaban J connectivity index is 2.32. The summed E-state index contributed by atoms with van der Waals surface area (Å²) in [5, 5.41) is 9.37. The molecule has 6 heteroatoms. The van der Waals surface area contributed by atoms with E-state index in [2.05, 4.69) is 0 Å². The van der Waals surface area contributed by atoms with Crippen LogP contribution in [0.15, 0.2) is 48.5 Å². The molecular weight excluding hydrogens is 420 g/mol. The van der Waals surface area contributed by atoms with Crippen LogP contribution in [0.3, 0.4) is 0 Å². The van der Waals surface area contributed by atoms with E-state index in [4.69, 9.17) is 21.1 Å². The summed E-state index contributed by atoms with van der Waals surface area (Å²) in [6.45, 7) is 5.94. The molecule has 0 heterocycles. The van der Waals surface area contributed by atoms with Gasteiger partial charge in [-0.1, -0.05) is 50.6 Å². The monoisotopic (exact) mass is 441 g/mol. The van der Waals surface area contributed by atoms with Crippen LogP contribution in [-0.2, 0) is 0 Å². The zero-order valence-electron chi connectivity index (χ0n) is 17.5. The Labute approximate surface area is 185 Å². The van der Waals surface area contributed by atoms with Gasteiger partial charge in [0.1, 0.15) is 17.3 Å². The zero-order valence-corrected chi connectivity index (χ0v) is 18.3. The molecule has 0 radical (unpaired) electrons. The molecule has 0 aliphatic carbocycles. The first-order valence-electron chi connectivity index (χ1n) is 9.99. The second-order valence-corrected chi connectivity index (χ2v) is 7.67. The summed E-state index contributed by atoms with van der Waals surface area (Å²) in [5.74, 6) is -1.04. The summed E-state index contributed by atoms with van der Waals surface area (Å²) < 4.78 is 41.9. The van der Waals surface area contributed by atoms with Gasteiger partial charge < -0.3 is 9.47 Å². The average Bonchev–Trinajstić information content (AvgIpc) is 2.75.